The van der Waals surface area contributed by atoms with Gasteiger partial charge in [0.15, 0.2) is 6.61 Å². The first-order chi connectivity index (χ1) is 13.0. The Morgan fingerprint density at radius 1 is 1.07 bits per heavy atom. The van der Waals surface area contributed by atoms with Crippen LogP contribution in [0.5, 0.6) is 5.75 Å². The molecule has 0 radical (unpaired) electrons. The lowest BCUT2D eigenvalue weighted by molar-refractivity contribution is -0.384. The quantitative estimate of drug-likeness (QED) is 0.400. The van der Waals surface area contributed by atoms with Crippen LogP contribution < -0.4 is 15.4 Å². The Morgan fingerprint density at radius 3 is 2.33 bits per heavy atom. The highest BCUT2D eigenvalue weighted by Crippen LogP contribution is 2.17. The van der Waals surface area contributed by atoms with E-state index in [1.54, 1.807) is 24.3 Å². The van der Waals surface area contributed by atoms with E-state index in [0.717, 1.165) is 12.8 Å². The maximum atomic E-state index is 11.9. The molecular formula is C19H21N3O5. The second-order valence-corrected chi connectivity index (χ2v) is 5.77. The molecule has 2 amide bonds. The summed E-state index contributed by atoms with van der Waals surface area (Å²) in [5.41, 5.74) is 1.01. The Hall–Kier alpha value is -3.42. The highest BCUT2D eigenvalue weighted by molar-refractivity contribution is 5.96. The number of carbonyl (C=O) groups excluding carboxylic acids is 2. The molecule has 0 aliphatic heterocycles. The second kappa shape index (κ2) is 9.91. The van der Waals surface area contributed by atoms with Crippen molar-refractivity contribution in [1.82, 2.24) is 5.32 Å². The third-order valence-corrected chi connectivity index (χ3v) is 3.66. The summed E-state index contributed by atoms with van der Waals surface area (Å²) in [4.78, 5) is 33.9. The number of nitrogens with zero attached hydrogens (tertiary/aromatic N) is 1. The average molecular weight is 371 g/mol. The van der Waals surface area contributed by atoms with Crippen LogP contribution in [0.4, 0.5) is 11.4 Å². The summed E-state index contributed by atoms with van der Waals surface area (Å²) in [5.74, 6) is -0.175. The van der Waals surface area contributed by atoms with Crippen LogP contribution in [0.15, 0.2) is 48.5 Å². The third kappa shape index (κ3) is 6.43. The summed E-state index contributed by atoms with van der Waals surface area (Å²) >= 11 is 0. The minimum atomic E-state index is -0.510. The molecule has 0 saturated carbocycles. The van der Waals surface area contributed by atoms with E-state index in [0.29, 0.717) is 23.5 Å². The molecular weight excluding hydrogens is 350 g/mol. The molecule has 0 unspecified atom stereocenters. The van der Waals surface area contributed by atoms with Crippen LogP contribution in [0.3, 0.4) is 0 Å². The number of nitro groups is 1. The molecule has 0 saturated heterocycles. The molecule has 8 heteroatoms. The molecule has 142 valence electrons. The summed E-state index contributed by atoms with van der Waals surface area (Å²) < 4.78 is 5.29. The molecule has 27 heavy (non-hydrogen) atoms. The number of amides is 2. The molecule has 0 spiro atoms. The number of nitrogens with one attached hydrogen (secondary N) is 2. The van der Waals surface area contributed by atoms with E-state index >= 15 is 0 Å². The molecule has 2 N–H and O–H groups in total. The van der Waals surface area contributed by atoms with Gasteiger partial charge in [-0.2, -0.15) is 0 Å². The molecule has 0 aromatic heterocycles. The van der Waals surface area contributed by atoms with E-state index in [9.17, 15) is 19.7 Å². The van der Waals surface area contributed by atoms with Crippen molar-refractivity contribution in [2.75, 3.05) is 18.5 Å². The van der Waals surface area contributed by atoms with Gasteiger partial charge in [-0.05, 0) is 42.8 Å². The Kier molecular flexibility index (Phi) is 7.30. The van der Waals surface area contributed by atoms with Gasteiger partial charge < -0.3 is 15.4 Å². The number of non-ortho nitro benzene ring substituents is 1. The van der Waals surface area contributed by atoms with Gasteiger partial charge in [0.05, 0.1) is 4.92 Å². The number of carbonyl (C=O) groups is 2. The largest absolute Gasteiger partial charge is 0.484 e. The third-order valence-electron chi connectivity index (χ3n) is 3.66. The summed E-state index contributed by atoms with van der Waals surface area (Å²) in [6, 6.07) is 12.0. The molecule has 0 aliphatic carbocycles. The zero-order valence-electron chi connectivity index (χ0n) is 14.9. The van der Waals surface area contributed by atoms with Crippen LogP contribution in [0.2, 0.25) is 0 Å². The normalized spacial score (nSPS) is 10.1. The van der Waals surface area contributed by atoms with Crippen LogP contribution in [-0.2, 0) is 4.79 Å². The monoisotopic (exact) mass is 371 g/mol. The zero-order valence-corrected chi connectivity index (χ0v) is 14.9. The minimum Gasteiger partial charge on any atom is -0.484 e. The SMILES string of the molecule is CCCCNC(=O)c1ccc(NC(=O)COc2ccc([N+](=O)[O-])cc2)cc1. The van der Waals surface area contributed by atoms with E-state index in [1.807, 2.05) is 0 Å². The van der Waals surface area contributed by atoms with Crippen molar-refractivity contribution < 1.29 is 19.2 Å². The molecule has 0 aliphatic rings. The Labute approximate surface area is 156 Å². The Morgan fingerprint density at radius 2 is 1.74 bits per heavy atom. The molecule has 2 aromatic carbocycles. The average Bonchev–Trinajstić information content (AvgIpc) is 2.67. The molecule has 0 fully saturated rings. The summed E-state index contributed by atoms with van der Waals surface area (Å²) in [6.45, 7) is 2.44. The highest BCUT2D eigenvalue weighted by atomic mass is 16.6. The summed E-state index contributed by atoms with van der Waals surface area (Å²) in [6.07, 6.45) is 1.93. The van der Waals surface area contributed by atoms with Crippen molar-refractivity contribution in [2.45, 2.75) is 19.8 Å². The van der Waals surface area contributed by atoms with Crippen molar-refractivity contribution in [2.24, 2.45) is 0 Å². The fraction of sp³-hybridized carbons (Fsp3) is 0.263. The zero-order chi connectivity index (χ0) is 19.6. The van der Waals surface area contributed by atoms with E-state index < -0.39 is 4.92 Å². The van der Waals surface area contributed by atoms with Gasteiger partial charge in [-0.1, -0.05) is 13.3 Å². The Bertz CT molecular complexity index is 788. The number of anilines is 1. The lowest BCUT2D eigenvalue weighted by atomic mass is 10.2. The van der Waals surface area contributed by atoms with Gasteiger partial charge in [0.1, 0.15) is 5.75 Å². The van der Waals surface area contributed by atoms with E-state index in [4.69, 9.17) is 4.74 Å². The number of ether oxygens (including phenoxy) is 1. The van der Waals surface area contributed by atoms with E-state index in [1.165, 1.54) is 24.3 Å². The van der Waals surface area contributed by atoms with Crippen molar-refractivity contribution in [3.8, 4) is 5.75 Å². The van der Waals surface area contributed by atoms with Crippen LogP contribution in [0.1, 0.15) is 30.1 Å². The number of rotatable bonds is 9. The van der Waals surface area contributed by atoms with Gasteiger partial charge >= 0.3 is 0 Å². The van der Waals surface area contributed by atoms with E-state index in [-0.39, 0.29) is 24.1 Å². The van der Waals surface area contributed by atoms with Gasteiger partial charge in [-0.15, -0.1) is 0 Å². The van der Waals surface area contributed by atoms with Crippen LogP contribution in [0.25, 0.3) is 0 Å². The minimum absolute atomic E-state index is 0.0503. The number of hydrogen-bond donors (Lipinski definition) is 2. The highest BCUT2D eigenvalue weighted by Gasteiger charge is 2.08. The summed E-state index contributed by atoms with van der Waals surface area (Å²) in [7, 11) is 0. The van der Waals surface area contributed by atoms with Crippen LogP contribution >= 0.6 is 0 Å². The molecule has 0 heterocycles. The molecule has 2 rings (SSSR count). The first-order valence-electron chi connectivity index (χ1n) is 8.55. The smallest absolute Gasteiger partial charge is 0.269 e. The predicted molar refractivity (Wildman–Crippen MR) is 101 cm³/mol. The van der Waals surface area contributed by atoms with Gasteiger partial charge in [0.2, 0.25) is 0 Å². The first kappa shape index (κ1) is 19.9. The van der Waals surface area contributed by atoms with Crippen LogP contribution in [-0.4, -0.2) is 29.9 Å². The van der Waals surface area contributed by atoms with Gasteiger partial charge in [-0.3, -0.25) is 19.7 Å². The number of nitro benzene ring substituents is 1. The van der Waals surface area contributed by atoms with Gasteiger partial charge in [0.25, 0.3) is 17.5 Å². The number of unbranched alkanes of at least 4 members (excludes halogenated alkanes) is 1. The second-order valence-electron chi connectivity index (χ2n) is 5.77. The molecule has 2 aromatic rings. The summed E-state index contributed by atoms with van der Waals surface area (Å²) in [5, 5.41) is 16.1. The fourth-order valence-corrected chi connectivity index (χ4v) is 2.20. The van der Waals surface area contributed by atoms with Crippen LogP contribution in [0, 0.1) is 10.1 Å². The number of hydrogen-bond acceptors (Lipinski definition) is 5. The lowest BCUT2D eigenvalue weighted by Crippen LogP contribution is -2.24. The van der Waals surface area contributed by atoms with Crippen molar-refractivity contribution in [3.63, 3.8) is 0 Å². The lowest BCUT2D eigenvalue weighted by Gasteiger charge is -2.08. The molecule has 0 atom stereocenters. The molecule has 8 nitrogen and oxygen atoms in total. The fourth-order valence-electron chi connectivity index (χ4n) is 2.20. The molecule has 0 bridgehead atoms. The predicted octanol–water partition coefficient (Wildman–Crippen LogP) is 3.14. The maximum absolute atomic E-state index is 11.9. The van der Waals surface area contributed by atoms with E-state index in [2.05, 4.69) is 17.6 Å². The topological polar surface area (TPSA) is 111 Å². The standard InChI is InChI=1S/C19H21N3O5/c1-2-3-12-20-19(24)14-4-6-15(7-5-14)21-18(23)13-27-17-10-8-16(9-11-17)22(25)26/h4-11H,2-3,12-13H2,1H3,(H,20,24)(H,21,23). The maximum Gasteiger partial charge on any atom is 0.269 e. The van der Waals surface area contributed by atoms with Gasteiger partial charge in [-0.25, -0.2) is 0 Å². The van der Waals surface area contributed by atoms with Crippen molar-refractivity contribution >= 4 is 23.2 Å². The van der Waals surface area contributed by atoms with Crippen molar-refractivity contribution in [1.29, 1.82) is 0 Å². The van der Waals surface area contributed by atoms with Gasteiger partial charge in [0, 0.05) is 29.9 Å². The first-order valence-corrected chi connectivity index (χ1v) is 8.55. The Balaban J connectivity index is 1.81. The number of benzene rings is 2. The van der Waals surface area contributed by atoms with Crippen molar-refractivity contribution in [3.05, 3.63) is 64.2 Å².